The van der Waals surface area contributed by atoms with Crippen molar-refractivity contribution in [1.29, 1.82) is 0 Å². The van der Waals surface area contributed by atoms with Crippen LogP contribution in [0.15, 0.2) is 29.8 Å². The van der Waals surface area contributed by atoms with Crippen LogP contribution in [0.3, 0.4) is 0 Å². The van der Waals surface area contributed by atoms with Gasteiger partial charge in [-0.15, -0.1) is 0 Å². The molecule has 0 aliphatic rings. The number of likely N-dealkylation sites (N-methyl/N-ethyl adjacent to an activating group) is 1. The monoisotopic (exact) mass is 290 g/mol. The van der Waals surface area contributed by atoms with Gasteiger partial charge < -0.3 is 15.0 Å². The highest BCUT2D eigenvalue weighted by Crippen LogP contribution is 2.26. The topological polar surface area (TPSA) is 41.6 Å². The van der Waals surface area contributed by atoms with E-state index in [0.29, 0.717) is 12.3 Å². The molecule has 0 saturated heterocycles. The Hall–Kier alpha value is -1.81. The van der Waals surface area contributed by atoms with Gasteiger partial charge in [0.25, 0.3) is 5.91 Å². The van der Waals surface area contributed by atoms with E-state index in [1.165, 1.54) is 0 Å². The van der Waals surface area contributed by atoms with Crippen molar-refractivity contribution in [2.45, 2.75) is 27.2 Å². The van der Waals surface area contributed by atoms with Gasteiger partial charge >= 0.3 is 0 Å². The Morgan fingerprint density at radius 1 is 1.38 bits per heavy atom. The Balaban J connectivity index is 2.81. The second kappa shape index (κ2) is 8.47. The lowest BCUT2D eigenvalue weighted by atomic mass is 10.2. The molecule has 0 unspecified atom stereocenters. The Bertz CT molecular complexity index is 508. The molecule has 0 spiro atoms. The number of carbonyl (C=O) groups excluding carboxylic acids is 1. The van der Waals surface area contributed by atoms with Crippen molar-refractivity contribution in [3.8, 4) is 5.75 Å². The van der Waals surface area contributed by atoms with Gasteiger partial charge in [-0.1, -0.05) is 19.1 Å². The average molecular weight is 290 g/mol. The van der Waals surface area contributed by atoms with E-state index in [4.69, 9.17) is 4.74 Å². The van der Waals surface area contributed by atoms with Crippen LogP contribution >= 0.6 is 0 Å². The second-order valence-electron chi connectivity index (χ2n) is 5.40. The largest absolute Gasteiger partial charge is 0.490 e. The Kier molecular flexibility index (Phi) is 6.96. The number of nitrogens with zero attached hydrogens (tertiary/aromatic N) is 1. The van der Waals surface area contributed by atoms with Crippen molar-refractivity contribution in [2.75, 3.05) is 32.6 Å². The molecule has 4 nitrogen and oxygen atoms in total. The summed E-state index contributed by atoms with van der Waals surface area (Å²) >= 11 is 0. The summed E-state index contributed by atoms with van der Waals surface area (Å²) in [6, 6.07) is 5.80. The van der Waals surface area contributed by atoms with Gasteiger partial charge in [0.2, 0.25) is 0 Å². The molecular weight excluding hydrogens is 264 g/mol. The smallest absolute Gasteiger partial charge is 0.251 e. The first kappa shape index (κ1) is 17.2. The molecule has 1 aromatic carbocycles. The minimum absolute atomic E-state index is 0.0850. The summed E-state index contributed by atoms with van der Waals surface area (Å²) in [5, 5.41) is 2.91. The number of ether oxygens (including phenoxy) is 1. The van der Waals surface area contributed by atoms with Crippen LogP contribution in [0.2, 0.25) is 0 Å². The summed E-state index contributed by atoms with van der Waals surface area (Å²) in [7, 11) is 4.00. The molecule has 0 aliphatic carbocycles. The van der Waals surface area contributed by atoms with E-state index in [9.17, 15) is 4.79 Å². The van der Waals surface area contributed by atoms with Crippen molar-refractivity contribution in [1.82, 2.24) is 4.90 Å². The van der Waals surface area contributed by atoms with E-state index in [1.54, 1.807) is 0 Å². The maximum atomic E-state index is 12.1. The Labute approximate surface area is 127 Å². The van der Waals surface area contributed by atoms with Crippen molar-refractivity contribution in [2.24, 2.45) is 0 Å². The van der Waals surface area contributed by atoms with Gasteiger partial charge in [-0.05, 0) is 52.1 Å². The number of anilines is 1. The molecular formula is C17H26N2O2. The minimum Gasteiger partial charge on any atom is -0.490 e. The third-order valence-electron chi connectivity index (χ3n) is 3.05. The van der Waals surface area contributed by atoms with Crippen molar-refractivity contribution >= 4 is 11.6 Å². The third kappa shape index (κ3) is 6.00. The van der Waals surface area contributed by atoms with Crippen LogP contribution in [0, 0.1) is 6.92 Å². The number of hydrogen-bond acceptors (Lipinski definition) is 3. The number of aryl methyl sites for hydroxylation is 1. The summed E-state index contributed by atoms with van der Waals surface area (Å²) < 4.78 is 5.79. The SMILES string of the molecule is CC/C=C(\C)C(=O)Nc1ccc(C)cc1OCCN(C)C. The number of allylic oxidation sites excluding steroid dienone is 1. The summed E-state index contributed by atoms with van der Waals surface area (Å²) in [5.74, 6) is 0.632. The van der Waals surface area contributed by atoms with Gasteiger partial charge in [0.1, 0.15) is 12.4 Å². The zero-order chi connectivity index (χ0) is 15.8. The number of hydrogen-bond donors (Lipinski definition) is 1. The Morgan fingerprint density at radius 3 is 2.71 bits per heavy atom. The van der Waals surface area contributed by atoms with E-state index in [1.807, 2.05) is 59.1 Å². The lowest BCUT2D eigenvalue weighted by molar-refractivity contribution is -0.112. The van der Waals surface area contributed by atoms with Crippen LogP contribution in [0.25, 0.3) is 0 Å². The van der Waals surface area contributed by atoms with E-state index in [0.717, 1.165) is 29.9 Å². The summed E-state index contributed by atoms with van der Waals surface area (Å²) in [4.78, 5) is 14.1. The standard InChI is InChI=1S/C17H26N2O2/c1-6-7-14(3)17(20)18-15-9-8-13(2)12-16(15)21-11-10-19(4)5/h7-9,12H,6,10-11H2,1-5H3,(H,18,20)/b14-7+. The van der Waals surface area contributed by atoms with Gasteiger partial charge in [0.05, 0.1) is 5.69 Å². The predicted octanol–water partition coefficient (Wildman–Crippen LogP) is 3.23. The first-order valence-corrected chi connectivity index (χ1v) is 7.30. The zero-order valence-electron chi connectivity index (χ0n) is 13.7. The van der Waals surface area contributed by atoms with Crippen LogP contribution in [0.4, 0.5) is 5.69 Å². The van der Waals surface area contributed by atoms with Crippen LogP contribution < -0.4 is 10.1 Å². The molecule has 0 atom stereocenters. The molecule has 1 rings (SSSR count). The first-order chi connectivity index (χ1) is 9.93. The molecule has 0 fully saturated rings. The van der Waals surface area contributed by atoms with Crippen LogP contribution in [-0.4, -0.2) is 38.1 Å². The molecule has 1 amide bonds. The van der Waals surface area contributed by atoms with Crippen LogP contribution in [0.1, 0.15) is 25.8 Å². The van der Waals surface area contributed by atoms with Gasteiger partial charge in [0, 0.05) is 12.1 Å². The second-order valence-corrected chi connectivity index (χ2v) is 5.40. The van der Waals surface area contributed by atoms with Crippen molar-refractivity contribution in [3.05, 3.63) is 35.4 Å². The van der Waals surface area contributed by atoms with Crippen molar-refractivity contribution in [3.63, 3.8) is 0 Å². The molecule has 0 aliphatic heterocycles. The number of carbonyl (C=O) groups is 1. The van der Waals surface area contributed by atoms with E-state index >= 15 is 0 Å². The highest BCUT2D eigenvalue weighted by molar-refractivity contribution is 6.04. The molecule has 4 heteroatoms. The molecule has 0 heterocycles. The van der Waals surface area contributed by atoms with Crippen LogP contribution in [0.5, 0.6) is 5.75 Å². The highest BCUT2D eigenvalue weighted by atomic mass is 16.5. The van der Waals surface area contributed by atoms with Crippen LogP contribution in [-0.2, 0) is 4.79 Å². The van der Waals surface area contributed by atoms with E-state index < -0.39 is 0 Å². The molecule has 1 N–H and O–H groups in total. The van der Waals surface area contributed by atoms with E-state index in [-0.39, 0.29) is 5.91 Å². The molecule has 116 valence electrons. The number of benzene rings is 1. The molecule has 21 heavy (non-hydrogen) atoms. The predicted molar refractivity (Wildman–Crippen MR) is 87.9 cm³/mol. The lowest BCUT2D eigenvalue weighted by Gasteiger charge is -2.15. The molecule has 0 radical (unpaired) electrons. The Morgan fingerprint density at radius 2 is 2.10 bits per heavy atom. The van der Waals surface area contributed by atoms with Gasteiger partial charge in [-0.25, -0.2) is 0 Å². The highest BCUT2D eigenvalue weighted by Gasteiger charge is 2.09. The fourth-order valence-corrected chi connectivity index (χ4v) is 1.81. The summed E-state index contributed by atoms with van der Waals surface area (Å²) in [6.45, 7) is 7.25. The number of amides is 1. The normalized spacial score (nSPS) is 11.6. The molecule has 1 aromatic rings. The third-order valence-corrected chi connectivity index (χ3v) is 3.05. The molecule has 0 saturated carbocycles. The summed E-state index contributed by atoms with van der Waals surface area (Å²) in [6.07, 6.45) is 2.76. The lowest BCUT2D eigenvalue weighted by Crippen LogP contribution is -2.20. The maximum absolute atomic E-state index is 12.1. The fourth-order valence-electron chi connectivity index (χ4n) is 1.81. The maximum Gasteiger partial charge on any atom is 0.251 e. The quantitative estimate of drug-likeness (QED) is 0.784. The number of rotatable bonds is 7. The van der Waals surface area contributed by atoms with Gasteiger partial charge in [-0.2, -0.15) is 0 Å². The van der Waals surface area contributed by atoms with Gasteiger partial charge in [0.15, 0.2) is 0 Å². The first-order valence-electron chi connectivity index (χ1n) is 7.30. The van der Waals surface area contributed by atoms with Crippen molar-refractivity contribution < 1.29 is 9.53 Å². The molecule has 0 aromatic heterocycles. The zero-order valence-corrected chi connectivity index (χ0v) is 13.7. The summed E-state index contributed by atoms with van der Waals surface area (Å²) in [5.41, 5.74) is 2.54. The molecule has 0 bridgehead atoms. The number of nitrogens with one attached hydrogen (secondary N) is 1. The average Bonchev–Trinajstić information content (AvgIpc) is 2.41. The van der Waals surface area contributed by atoms with Gasteiger partial charge in [-0.3, -0.25) is 4.79 Å². The van der Waals surface area contributed by atoms with E-state index in [2.05, 4.69) is 10.2 Å². The fraction of sp³-hybridized carbons (Fsp3) is 0.471. The minimum atomic E-state index is -0.0850.